The van der Waals surface area contributed by atoms with Crippen LogP contribution in [0.2, 0.25) is 0 Å². The molecule has 0 radical (unpaired) electrons. The molecule has 0 bridgehead atoms. The molecule has 3 aliphatic heterocycles. The molecule has 1 amide bonds. The number of para-hydroxylation sites is 1. The van der Waals surface area contributed by atoms with Crippen LogP contribution in [-0.4, -0.2) is 45.0 Å². The second-order valence-corrected chi connectivity index (χ2v) is 7.34. The van der Waals surface area contributed by atoms with Gasteiger partial charge in [0.15, 0.2) is 5.69 Å². The van der Waals surface area contributed by atoms with Gasteiger partial charge in [-0.2, -0.15) is 14.9 Å². The van der Waals surface area contributed by atoms with Gasteiger partial charge in [0.1, 0.15) is 17.0 Å². The number of hydrogen-bond acceptors (Lipinski definition) is 5. The maximum absolute atomic E-state index is 14.0. The lowest BCUT2D eigenvalue weighted by Crippen LogP contribution is -2.42. The van der Waals surface area contributed by atoms with Crippen LogP contribution in [0.25, 0.3) is 28.0 Å². The number of carbonyl (C=O) groups excluding carboxylic acids is 1. The molecule has 1 saturated heterocycles. The average molecular weight is 406 g/mol. The van der Waals surface area contributed by atoms with Crippen molar-refractivity contribution in [2.24, 2.45) is 0 Å². The molecule has 0 saturated carbocycles. The van der Waals surface area contributed by atoms with E-state index in [9.17, 15) is 14.0 Å². The Balaban J connectivity index is 1.47. The van der Waals surface area contributed by atoms with E-state index in [0.29, 0.717) is 22.3 Å². The minimum Gasteiger partial charge on any atom is -0.349 e. The van der Waals surface area contributed by atoms with Gasteiger partial charge in [0.2, 0.25) is 0 Å². The first-order valence-corrected chi connectivity index (χ1v) is 9.79. The van der Waals surface area contributed by atoms with Crippen LogP contribution < -0.4 is 16.2 Å². The number of hydrogen-bond donors (Lipinski definition) is 3. The number of benzene rings is 2. The molecule has 2 aromatic carbocycles. The molecular weight excluding hydrogens is 387 g/mol. The highest BCUT2D eigenvalue weighted by atomic mass is 19.1. The van der Waals surface area contributed by atoms with Crippen molar-refractivity contribution in [1.29, 1.82) is 0 Å². The molecule has 0 aromatic heterocycles. The summed E-state index contributed by atoms with van der Waals surface area (Å²) < 4.78 is 15.2. The summed E-state index contributed by atoms with van der Waals surface area (Å²) in [5.74, 6) is -0.604. The van der Waals surface area contributed by atoms with E-state index < -0.39 is 11.4 Å². The highest BCUT2D eigenvalue weighted by Crippen LogP contribution is 2.25. The quantitative estimate of drug-likeness (QED) is 0.482. The lowest BCUT2D eigenvalue weighted by Gasteiger charge is -2.23. The van der Waals surface area contributed by atoms with Crippen LogP contribution in [0.3, 0.4) is 0 Å². The summed E-state index contributed by atoms with van der Waals surface area (Å²) in [6.45, 7) is 1.79. The van der Waals surface area contributed by atoms with E-state index in [1.54, 1.807) is 36.4 Å². The van der Waals surface area contributed by atoms with Crippen molar-refractivity contribution in [3.63, 3.8) is 0 Å². The number of rotatable bonds is 3. The van der Waals surface area contributed by atoms with Gasteiger partial charge >= 0.3 is 5.56 Å². The predicted octanol–water partition coefficient (Wildman–Crippen LogP) is 1.83. The molecule has 1 fully saturated rings. The zero-order chi connectivity index (χ0) is 20.7. The molecule has 2 aromatic rings. The number of aromatic nitrogens is 4. The molecule has 3 aliphatic rings. The molecule has 5 rings (SSSR count). The van der Waals surface area contributed by atoms with Crippen LogP contribution >= 0.6 is 0 Å². The molecule has 0 spiro atoms. The Morgan fingerprint density at radius 1 is 1.10 bits per heavy atom. The highest BCUT2D eigenvalue weighted by molar-refractivity contribution is 5.94. The van der Waals surface area contributed by atoms with E-state index in [2.05, 4.69) is 25.9 Å². The molecule has 3 N–H and O–H groups in total. The number of nitrogens with zero attached hydrogens (tertiary/aromatic N) is 3. The fourth-order valence-corrected chi connectivity index (χ4v) is 3.79. The van der Waals surface area contributed by atoms with Gasteiger partial charge in [-0.25, -0.2) is 4.39 Å². The van der Waals surface area contributed by atoms with Gasteiger partial charge in [0, 0.05) is 17.0 Å². The minimum absolute atomic E-state index is 0.126. The van der Waals surface area contributed by atoms with Crippen molar-refractivity contribution in [2.75, 3.05) is 13.1 Å². The molecule has 8 nitrogen and oxygen atoms in total. The predicted molar refractivity (Wildman–Crippen MR) is 109 cm³/mol. The van der Waals surface area contributed by atoms with Crippen LogP contribution in [-0.2, 0) is 0 Å². The summed E-state index contributed by atoms with van der Waals surface area (Å²) in [6.07, 6.45) is 1.81. The number of amides is 1. The third kappa shape index (κ3) is 3.13. The Morgan fingerprint density at radius 2 is 1.87 bits per heavy atom. The number of aromatic amines is 1. The van der Waals surface area contributed by atoms with Gasteiger partial charge in [-0.15, -0.1) is 0 Å². The van der Waals surface area contributed by atoms with Crippen molar-refractivity contribution in [1.82, 2.24) is 30.6 Å². The Morgan fingerprint density at radius 3 is 2.63 bits per heavy atom. The number of piperidine rings is 1. The van der Waals surface area contributed by atoms with Crippen molar-refractivity contribution in [3.8, 4) is 17.1 Å². The third-order valence-electron chi connectivity index (χ3n) is 5.42. The first-order valence-electron chi connectivity index (χ1n) is 9.79. The SMILES string of the molecule is O=C(NC1CCNCC1)c1ccc(-n2nc3c4cccc(F)c4[nH]nc-3c2=O)cc1. The van der Waals surface area contributed by atoms with Gasteiger partial charge in [0.25, 0.3) is 5.91 Å². The number of halogens is 1. The summed E-state index contributed by atoms with van der Waals surface area (Å²) in [5, 5.41) is 17.7. The first kappa shape index (κ1) is 18.4. The maximum Gasteiger partial charge on any atom is 0.301 e. The van der Waals surface area contributed by atoms with E-state index in [0.717, 1.165) is 25.9 Å². The third-order valence-corrected chi connectivity index (χ3v) is 5.42. The molecule has 9 heteroatoms. The van der Waals surface area contributed by atoms with E-state index in [1.807, 2.05) is 0 Å². The lowest BCUT2D eigenvalue weighted by molar-refractivity contribution is 0.0929. The molecule has 0 unspecified atom stereocenters. The van der Waals surface area contributed by atoms with Gasteiger partial charge in [-0.05, 0) is 56.3 Å². The van der Waals surface area contributed by atoms with Crippen molar-refractivity contribution >= 4 is 16.8 Å². The minimum atomic E-state index is -0.465. The topological polar surface area (TPSA) is 105 Å². The first-order chi connectivity index (χ1) is 14.6. The van der Waals surface area contributed by atoms with E-state index in [1.165, 1.54) is 10.7 Å². The lowest BCUT2D eigenvalue weighted by atomic mass is 10.1. The van der Waals surface area contributed by atoms with Crippen LogP contribution in [0, 0.1) is 5.82 Å². The normalized spacial score (nSPS) is 15.0. The van der Waals surface area contributed by atoms with Crippen molar-refractivity contribution in [2.45, 2.75) is 18.9 Å². The summed E-state index contributed by atoms with van der Waals surface area (Å²) in [5.41, 5.74) is 1.24. The Bertz CT molecular complexity index is 1260. The second kappa shape index (κ2) is 7.34. The van der Waals surface area contributed by atoms with Gasteiger partial charge in [0.05, 0.1) is 5.69 Å². The molecule has 0 atom stereocenters. The summed E-state index contributed by atoms with van der Waals surface area (Å²) in [6, 6.07) is 11.4. The van der Waals surface area contributed by atoms with E-state index >= 15 is 0 Å². The molecule has 3 heterocycles. The molecule has 152 valence electrons. The maximum atomic E-state index is 14.0. The van der Waals surface area contributed by atoms with Crippen LogP contribution in [0.5, 0.6) is 0 Å². The van der Waals surface area contributed by atoms with E-state index in [-0.39, 0.29) is 23.2 Å². The van der Waals surface area contributed by atoms with Crippen molar-refractivity contribution < 1.29 is 9.18 Å². The fraction of sp³-hybridized carbons (Fsp3) is 0.238. The summed E-state index contributed by atoms with van der Waals surface area (Å²) in [7, 11) is 0. The Hall–Kier alpha value is -3.59. The standard InChI is InChI=1S/C21H19FN6O2/c22-16-3-1-2-15-17(16)25-26-19-18(15)27-28(21(19)30)14-6-4-12(5-7-14)20(29)24-13-8-10-23-11-9-13/h1-7,13,23,25H,8-11H2,(H,24,29). The Kier molecular flexibility index (Phi) is 4.51. The molecule has 30 heavy (non-hydrogen) atoms. The summed E-state index contributed by atoms with van der Waals surface area (Å²) in [4.78, 5) is 25.3. The fourth-order valence-electron chi connectivity index (χ4n) is 3.79. The largest absolute Gasteiger partial charge is 0.349 e. The number of carbonyl (C=O) groups is 1. The number of nitrogens with one attached hydrogen (secondary N) is 3. The van der Waals surface area contributed by atoms with Gasteiger partial charge in [-0.3, -0.25) is 14.7 Å². The molecular formula is C21H19FN6O2. The van der Waals surface area contributed by atoms with Gasteiger partial charge < -0.3 is 10.6 Å². The zero-order valence-corrected chi connectivity index (χ0v) is 16.0. The highest BCUT2D eigenvalue weighted by Gasteiger charge is 2.22. The zero-order valence-electron chi connectivity index (χ0n) is 16.0. The monoisotopic (exact) mass is 406 g/mol. The second-order valence-electron chi connectivity index (χ2n) is 7.34. The number of H-pyrrole nitrogens is 1. The average Bonchev–Trinajstić information content (AvgIpc) is 3.12. The smallest absolute Gasteiger partial charge is 0.301 e. The van der Waals surface area contributed by atoms with Crippen molar-refractivity contribution in [3.05, 3.63) is 64.2 Å². The van der Waals surface area contributed by atoms with E-state index in [4.69, 9.17) is 0 Å². The summed E-state index contributed by atoms with van der Waals surface area (Å²) >= 11 is 0. The van der Waals surface area contributed by atoms with Crippen LogP contribution in [0.15, 0.2) is 47.3 Å². The van der Waals surface area contributed by atoms with Crippen LogP contribution in [0.1, 0.15) is 23.2 Å². The van der Waals surface area contributed by atoms with Crippen LogP contribution in [0.4, 0.5) is 4.39 Å². The van der Waals surface area contributed by atoms with Gasteiger partial charge in [-0.1, -0.05) is 12.1 Å². The number of fused-ring (bicyclic) bond motifs is 3. The molecule has 0 aliphatic carbocycles. The Labute approximate surface area is 170 Å².